The molecule has 0 aliphatic rings. The monoisotopic (exact) mass is 249 g/mol. The Morgan fingerprint density at radius 2 is 2.11 bits per heavy atom. The second kappa shape index (κ2) is 9.06. The molecule has 0 fully saturated rings. The molecule has 0 aliphatic heterocycles. The average molecular weight is 249 g/mol. The molecule has 0 saturated heterocycles. The quantitative estimate of drug-likeness (QED) is 0.682. The zero-order chi connectivity index (χ0) is 13.2. The first-order valence-corrected chi connectivity index (χ1v) is 7.10. The first-order chi connectivity index (χ1) is 8.77. The van der Waals surface area contributed by atoms with E-state index in [1.54, 1.807) is 0 Å². The fourth-order valence-electron chi connectivity index (χ4n) is 1.94. The highest BCUT2D eigenvalue weighted by Crippen LogP contribution is 2.08. The van der Waals surface area contributed by atoms with Gasteiger partial charge < -0.3 is 10.2 Å². The minimum absolute atomic E-state index is 0.929. The lowest BCUT2D eigenvalue weighted by Gasteiger charge is -2.17. The van der Waals surface area contributed by atoms with E-state index in [4.69, 9.17) is 0 Å². The van der Waals surface area contributed by atoms with Crippen LogP contribution in [0.1, 0.15) is 44.4 Å². The van der Waals surface area contributed by atoms with Crippen molar-refractivity contribution in [3.63, 3.8) is 0 Å². The number of hydrogen-bond donors (Lipinski definition) is 1. The lowest BCUT2D eigenvalue weighted by Crippen LogP contribution is -2.22. The topological polar surface area (TPSA) is 28.2 Å². The van der Waals surface area contributed by atoms with Crippen molar-refractivity contribution in [2.75, 3.05) is 20.1 Å². The van der Waals surface area contributed by atoms with Gasteiger partial charge in [-0.2, -0.15) is 0 Å². The first kappa shape index (κ1) is 15.1. The fourth-order valence-corrected chi connectivity index (χ4v) is 1.94. The summed E-state index contributed by atoms with van der Waals surface area (Å²) in [6.45, 7) is 8.52. The van der Waals surface area contributed by atoms with Crippen LogP contribution in [-0.2, 0) is 13.1 Å². The summed E-state index contributed by atoms with van der Waals surface area (Å²) in [7, 11) is 2.17. The van der Waals surface area contributed by atoms with E-state index < -0.39 is 0 Å². The molecule has 0 unspecified atom stereocenters. The largest absolute Gasteiger partial charge is 0.313 e. The molecule has 0 spiro atoms. The van der Waals surface area contributed by atoms with Gasteiger partial charge in [0.25, 0.3) is 0 Å². The summed E-state index contributed by atoms with van der Waals surface area (Å²) in [5.74, 6) is 0. The Balaban J connectivity index is 2.52. The smallest absolute Gasteiger partial charge is 0.0588 e. The van der Waals surface area contributed by atoms with Crippen LogP contribution >= 0.6 is 0 Å². The lowest BCUT2D eigenvalue weighted by molar-refractivity contribution is 0.315. The van der Waals surface area contributed by atoms with Gasteiger partial charge in [-0.1, -0.05) is 26.3 Å². The van der Waals surface area contributed by atoms with Crippen LogP contribution in [0.3, 0.4) is 0 Å². The van der Waals surface area contributed by atoms with Crippen LogP contribution in [0.5, 0.6) is 0 Å². The summed E-state index contributed by atoms with van der Waals surface area (Å²) in [6.07, 6.45) is 5.57. The molecular formula is C15H27N3. The summed E-state index contributed by atoms with van der Waals surface area (Å²) >= 11 is 0. The van der Waals surface area contributed by atoms with E-state index in [1.807, 2.05) is 12.3 Å². The Morgan fingerprint density at radius 1 is 1.28 bits per heavy atom. The van der Waals surface area contributed by atoms with Crippen molar-refractivity contribution in [2.24, 2.45) is 0 Å². The predicted octanol–water partition coefficient (Wildman–Crippen LogP) is 2.81. The van der Waals surface area contributed by atoms with Crippen molar-refractivity contribution in [2.45, 2.75) is 46.2 Å². The lowest BCUT2D eigenvalue weighted by atomic mass is 10.1. The molecule has 1 aromatic rings. The Labute approximate surface area is 112 Å². The molecule has 0 amide bonds. The minimum Gasteiger partial charge on any atom is -0.313 e. The Bertz CT molecular complexity index is 325. The zero-order valence-electron chi connectivity index (χ0n) is 12.1. The number of unbranched alkanes of at least 4 members (excludes halogenated alkanes) is 1. The van der Waals surface area contributed by atoms with Crippen LogP contribution in [-0.4, -0.2) is 30.0 Å². The second-order valence-corrected chi connectivity index (χ2v) is 4.88. The zero-order valence-corrected chi connectivity index (χ0v) is 12.1. The van der Waals surface area contributed by atoms with Gasteiger partial charge in [-0.15, -0.1) is 0 Å². The molecular weight excluding hydrogens is 222 g/mol. The molecule has 1 heterocycles. The van der Waals surface area contributed by atoms with Crippen molar-refractivity contribution in [1.82, 2.24) is 15.2 Å². The Kier molecular flexibility index (Phi) is 7.62. The molecule has 0 aromatic carbocycles. The second-order valence-electron chi connectivity index (χ2n) is 4.88. The van der Waals surface area contributed by atoms with Gasteiger partial charge in [-0.05, 0) is 44.6 Å². The summed E-state index contributed by atoms with van der Waals surface area (Å²) in [5.41, 5.74) is 2.54. The molecule has 1 N–H and O–H groups in total. The van der Waals surface area contributed by atoms with Crippen LogP contribution in [0.25, 0.3) is 0 Å². The van der Waals surface area contributed by atoms with Gasteiger partial charge in [0.05, 0.1) is 5.69 Å². The van der Waals surface area contributed by atoms with Gasteiger partial charge >= 0.3 is 0 Å². The number of nitrogens with one attached hydrogen (secondary N) is 1. The van der Waals surface area contributed by atoms with Gasteiger partial charge in [-0.25, -0.2) is 0 Å². The van der Waals surface area contributed by atoms with Crippen LogP contribution in [0.15, 0.2) is 18.3 Å². The highest BCUT2D eigenvalue weighted by atomic mass is 15.1. The van der Waals surface area contributed by atoms with Gasteiger partial charge in [0, 0.05) is 19.3 Å². The predicted molar refractivity (Wildman–Crippen MR) is 77.5 cm³/mol. The molecule has 3 nitrogen and oxygen atoms in total. The third kappa shape index (κ3) is 5.61. The molecule has 0 atom stereocenters. The highest BCUT2D eigenvalue weighted by molar-refractivity contribution is 5.19. The van der Waals surface area contributed by atoms with E-state index in [9.17, 15) is 0 Å². The van der Waals surface area contributed by atoms with Crippen LogP contribution in [0.4, 0.5) is 0 Å². The van der Waals surface area contributed by atoms with Gasteiger partial charge in [0.15, 0.2) is 0 Å². The number of aromatic nitrogens is 1. The number of pyridine rings is 1. The SMILES string of the molecule is CCCCN(C)Cc1ncccc1CNCCC. The maximum absolute atomic E-state index is 4.52. The van der Waals surface area contributed by atoms with Gasteiger partial charge in [-0.3, -0.25) is 4.98 Å². The molecule has 18 heavy (non-hydrogen) atoms. The third-order valence-electron chi connectivity index (χ3n) is 3.04. The molecule has 1 aromatic heterocycles. The minimum atomic E-state index is 0.929. The Morgan fingerprint density at radius 3 is 2.83 bits per heavy atom. The molecule has 0 aliphatic carbocycles. The summed E-state index contributed by atoms with van der Waals surface area (Å²) < 4.78 is 0. The highest BCUT2D eigenvalue weighted by Gasteiger charge is 2.06. The Hall–Kier alpha value is -0.930. The normalized spacial score (nSPS) is 11.1. The maximum atomic E-state index is 4.52. The summed E-state index contributed by atoms with van der Waals surface area (Å²) in [6, 6.07) is 4.21. The average Bonchev–Trinajstić information content (AvgIpc) is 2.38. The fraction of sp³-hybridized carbons (Fsp3) is 0.667. The molecule has 0 bridgehead atoms. The van der Waals surface area contributed by atoms with E-state index in [1.165, 1.54) is 30.5 Å². The summed E-state index contributed by atoms with van der Waals surface area (Å²) in [4.78, 5) is 6.88. The number of hydrogen-bond acceptors (Lipinski definition) is 3. The van der Waals surface area contributed by atoms with Gasteiger partial charge in [0.2, 0.25) is 0 Å². The molecule has 0 radical (unpaired) electrons. The molecule has 1 rings (SSSR count). The van der Waals surface area contributed by atoms with Crippen LogP contribution in [0.2, 0.25) is 0 Å². The van der Waals surface area contributed by atoms with Crippen molar-refractivity contribution in [3.8, 4) is 0 Å². The maximum Gasteiger partial charge on any atom is 0.0588 e. The number of rotatable bonds is 9. The first-order valence-electron chi connectivity index (χ1n) is 7.10. The molecule has 3 heteroatoms. The van der Waals surface area contributed by atoms with Gasteiger partial charge in [0.1, 0.15) is 0 Å². The van der Waals surface area contributed by atoms with Crippen molar-refractivity contribution >= 4 is 0 Å². The van der Waals surface area contributed by atoms with Crippen molar-refractivity contribution < 1.29 is 0 Å². The van der Waals surface area contributed by atoms with Crippen LogP contribution in [0, 0.1) is 0 Å². The molecule has 0 saturated carbocycles. The summed E-state index contributed by atoms with van der Waals surface area (Å²) in [5, 5.41) is 3.45. The molecule has 102 valence electrons. The van der Waals surface area contributed by atoms with E-state index >= 15 is 0 Å². The van der Waals surface area contributed by atoms with E-state index in [0.29, 0.717) is 0 Å². The van der Waals surface area contributed by atoms with E-state index in [0.717, 1.165) is 26.2 Å². The van der Waals surface area contributed by atoms with Crippen molar-refractivity contribution in [3.05, 3.63) is 29.6 Å². The van der Waals surface area contributed by atoms with Crippen molar-refractivity contribution in [1.29, 1.82) is 0 Å². The third-order valence-corrected chi connectivity index (χ3v) is 3.04. The standard InChI is InChI=1S/C15H27N3/c1-4-6-11-18(3)13-15-14(8-7-10-17-15)12-16-9-5-2/h7-8,10,16H,4-6,9,11-13H2,1-3H3. The van der Waals surface area contributed by atoms with E-state index in [-0.39, 0.29) is 0 Å². The number of nitrogens with zero attached hydrogens (tertiary/aromatic N) is 2. The van der Waals surface area contributed by atoms with E-state index in [2.05, 4.69) is 42.2 Å². The van der Waals surface area contributed by atoms with Crippen LogP contribution < -0.4 is 5.32 Å².